The van der Waals surface area contributed by atoms with Gasteiger partial charge < -0.3 is 4.90 Å². The van der Waals surface area contributed by atoms with Crippen LogP contribution in [0.3, 0.4) is 0 Å². The fourth-order valence-corrected chi connectivity index (χ4v) is 4.73. The number of amides is 2. The molecule has 0 saturated carbocycles. The molecule has 2 amide bonds. The number of rotatable bonds is 5. The summed E-state index contributed by atoms with van der Waals surface area (Å²) >= 11 is 0. The van der Waals surface area contributed by atoms with E-state index in [0.29, 0.717) is 24.9 Å². The van der Waals surface area contributed by atoms with Crippen LogP contribution >= 0.6 is 0 Å². The van der Waals surface area contributed by atoms with Gasteiger partial charge in [-0.25, -0.2) is 12.8 Å². The van der Waals surface area contributed by atoms with E-state index in [-0.39, 0.29) is 23.6 Å². The number of carbonyl (C=O) groups is 2. The highest BCUT2D eigenvalue weighted by atomic mass is 32.2. The first-order chi connectivity index (χ1) is 14.2. The van der Waals surface area contributed by atoms with Crippen LogP contribution < -0.4 is 10.3 Å². The summed E-state index contributed by atoms with van der Waals surface area (Å²) in [7, 11) is -3.94. The summed E-state index contributed by atoms with van der Waals surface area (Å²) in [6.45, 7) is 3.48. The van der Waals surface area contributed by atoms with Crippen molar-refractivity contribution in [2.45, 2.75) is 31.9 Å². The molecule has 1 aliphatic heterocycles. The number of hydrogen-bond donors (Lipinski definition) is 2. The van der Waals surface area contributed by atoms with Gasteiger partial charge in [0.05, 0.1) is 10.8 Å². The maximum absolute atomic E-state index is 14.6. The normalized spacial score (nSPS) is 16.9. The zero-order chi connectivity index (χ0) is 21.9. The Bertz CT molecular complexity index is 1060. The molecule has 0 radical (unpaired) electrons. The van der Waals surface area contributed by atoms with Crippen LogP contribution in [-0.4, -0.2) is 43.5 Å². The first-order valence-corrected chi connectivity index (χ1v) is 11.2. The molecule has 1 fully saturated rings. The largest absolute Gasteiger partial charge is 0.342 e. The van der Waals surface area contributed by atoms with Crippen LogP contribution in [0, 0.1) is 12.7 Å². The van der Waals surface area contributed by atoms with Gasteiger partial charge in [-0.2, -0.15) is 0 Å². The smallest absolute Gasteiger partial charge is 0.269 e. The number of carbonyl (C=O) groups excluding carboxylic acids is 2. The lowest BCUT2D eigenvalue weighted by molar-refractivity contribution is -0.129. The first kappa shape index (κ1) is 21.9. The third kappa shape index (κ3) is 4.85. The SMILES string of the molecule is CC(=O)N1CCCC(S(=O)(=O)NNC(=O)c2cc(-c3ccccc3)cc(C)c2F)C1. The molecule has 160 valence electrons. The molecule has 9 heteroatoms. The monoisotopic (exact) mass is 433 g/mol. The van der Waals surface area contributed by atoms with E-state index in [1.165, 1.54) is 17.9 Å². The Kier molecular flexibility index (Phi) is 6.52. The average Bonchev–Trinajstić information content (AvgIpc) is 2.74. The second-order valence-corrected chi connectivity index (χ2v) is 9.31. The van der Waals surface area contributed by atoms with Crippen molar-refractivity contribution in [1.82, 2.24) is 15.2 Å². The number of halogens is 1. The number of aryl methyl sites for hydroxylation is 1. The quantitative estimate of drug-likeness (QED) is 0.708. The minimum Gasteiger partial charge on any atom is -0.342 e. The molecular formula is C21H24FN3O4S. The summed E-state index contributed by atoms with van der Waals surface area (Å²) in [5, 5.41) is -0.849. The molecule has 1 aliphatic rings. The van der Waals surface area contributed by atoms with Gasteiger partial charge >= 0.3 is 0 Å². The van der Waals surface area contributed by atoms with Gasteiger partial charge in [0.1, 0.15) is 5.82 Å². The Hall–Kier alpha value is -2.78. The van der Waals surface area contributed by atoms with Crippen molar-refractivity contribution in [2.75, 3.05) is 13.1 Å². The number of sulfonamides is 1. The highest BCUT2D eigenvalue weighted by Crippen LogP contribution is 2.25. The minimum atomic E-state index is -3.94. The van der Waals surface area contributed by atoms with E-state index in [4.69, 9.17) is 0 Å². The molecular weight excluding hydrogens is 409 g/mol. The fraction of sp³-hybridized carbons (Fsp3) is 0.333. The Labute approximate surface area is 175 Å². The summed E-state index contributed by atoms with van der Waals surface area (Å²) in [4.78, 5) is 27.6. The third-order valence-corrected chi connectivity index (χ3v) is 6.82. The number of hydrogen-bond acceptors (Lipinski definition) is 4. The fourth-order valence-electron chi connectivity index (χ4n) is 3.48. The Morgan fingerprint density at radius 1 is 1.13 bits per heavy atom. The molecule has 1 heterocycles. The number of hydrazine groups is 1. The standard InChI is InChI=1S/C21H24FN3O4S/c1-14-11-17(16-7-4-3-5-8-16)12-19(20(14)22)21(27)23-24-30(28,29)18-9-6-10-25(13-18)15(2)26/h3-5,7-8,11-12,18,24H,6,9-10,13H2,1-2H3,(H,23,27). The predicted molar refractivity (Wildman–Crippen MR) is 111 cm³/mol. The van der Waals surface area contributed by atoms with E-state index in [0.717, 1.165) is 5.56 Å². The van der Waals surface area contributed by atoms with Crippen molar-refractivity contribution < 1.29 is 22.4 Å². The lowest BCUT2D eigenvalue weighted by Gasteiger charge is -2.31. The van der Waals surface area contributed by atoms with Gasteiger partial charge in [0.15, 0.2) is 0 Å². The summed E-state index contributed by atoms with van der Waals surface area (Å²) < 4.78 is 39.7. The highest BCUT2D eigenvalue weighted by Gasteiger charge is 2.32. The molecule has 0 bridgehead atoms. The zero-order valence-corrected chi connectivity index (χ0v) is 17.6. The second kappa shape index (κ2) is 8.93. The first-order valence-electron chi connectivity index (χ1n) is 9.61. The van der Waals surface area contributed by atoms with E-state index < -0.39 is 27.0 Å². The van der Waals surface area contributed by atoms with Gasteiger partial charge in [-0.15, -0.1) is 4.83 Å². The van der Waals surface area contributed by atoms with Crippen LogP contribution in [0.4, 0.5) is 4.39 Å². The molecule has 2 N–H and O–H groups in total. The molecule has 0 aliphatic carbocycles. The lowest BCUT2D eigenvalue weighted by Crippen LogP contribution is -2.52. The lowest BCUT2D eigenvalue weighted by atomic mass is 9.99. The van der Waals surface area contributed by atoms with E-state index in [2.05, 4.69) is 10.3 Å². The summed E-state index contributed by atoms with van der Waals surface area (Å²) in [5.74, 6) is -1.81. The van der Waals surface area contributed by atoms with Crippen molar-refractivity contribution in [1.29, 1.82) is 0 Å². The predicted octanol–water partition coefficient (Wildman–Crippen LogP) is 2.38. The number of piperidine rings is 1. The second-order valence-electron chi connectivity index (χ2n) is 7.35. The number of nitrogens with one attached hydrogen (secondary N) is 2. The van der Waals surface area contributed by atoms with E-state index in [9.17, 15) is 22.4 Å². The van der Waals surface area contributed by atoms with Crippen LogP contribution in [0.15, 0.2) is 42.5 Å². The van der Waals surface area contributed by atoms with Gasteiger partial charge in [-0.1, -0.05) is 30.3 Å². The molecule has 2 aromatic rings. The Morgan fingerprint density at radius 2 is 1.83 bits per heavy atom. The Balaban J connectivity index is 1.76. The molecule has 0 aromatic heterocycles. The van der Waals surface area contributed by atoms with Crippen LogP contribution in [0.2, 0.25) is 0 Å². The van der Waals surface area contributed by atoms with Crippen LogP contribution in [0.25, 0.3) is 11.1 Å². The zero-order valence-electron chi connectivity index (χ0n) is 16.8. The van der Waals surface area contributed by atoms with Gasteiger partial charge in [0.25, 0.3) is 5.91 Å². The number of likely N-dealkylation sites (tertiary alicyclic amines) is 1. The minimum absolute atomic E-state index is 0.0531. The van der Waals surface area contributed by atoms with Gasteiger partial charge in [0.2, 0.25) is 15.9 Å². The van der Waals surface area contributed by atoms with Crippen molar-refractivity contribution in [3.8, 4) is 11.1 Å². The molecule has 1 unspecified atom stereocenters. The maximum atomic E-state index is 14.6. The average molecular weight is 434 g/mol. The van der Waals surface area contributed by atoms with Crippen molar-refractivity contribution >= 4 is 21.8 Å². The molecule has 2 aromatic carbocycles. The third-order valence-electron chi connectivity index (χ3n) is 5.18. The van der Waals surface area contributed by atoms with Crippen molar-refractivity contribution in [3.63, 3.8) is 0 Å². The number of benzene rings is 2. The number of nitrogens with zero attached hydrogens (tertiary/aromatic N) is 1. The van der Waals surface area contributed by atoms with Crippen molar-refractivity contribution in [2.24, 2.45) is 0 Å². The summed E-state index contributed by atoms with van der Waals surface area (Å²) in [6.07, 6.45) is 0.915. The van der Waals surface area contributed by atoms with Crippen LogP contribution in [-0.2, 0) is 14.8 Å². The van der Waals surface area contributed by atoms with Gasteiger partial charge in [-0.3, -0.25) is 15.0 Å². The Morgan fingerprint density at radius 3 is 2.50 bits per heavy atom. The molecule has 30 heavy (non-hydrogen) atoms. The molecule has 0 spiro atoms. The highest BCUT2D eigenvalue weighted by molar-refractivity contribution is 7.90. The van der Waals surface area contributed by atoms with E-state index in [1.54, 1.807) is 13.0 Å². The molecule has 1 saturated heterocycles. The van der Waals surface area contributed by atoms with Gasteiger partial charge in [0, 0.05) is 20.0 Å². The molecule has 1 atom stereocenters. The van der Waals surface area contributed by atoms with Crippen LogP contribution in [0.5, 0.6) is 0 Å². The summed E-state index contributed by atoms with van der Waals surface area (Å²) in [5.41, 5.74) is 3.57. The van der Waals surface area contributed by atoms with E-state index >= 15 is 0 Å². The maximum Gasteiger partial charge on any atom is 0.269 e. The summed E-state index contributed by atoms with van der Waals surface area (Å²) in [6, 6.07) is 12.2. The van der Waals surface area contributed by atoms with Crippen molar-refractivity contribution in [3.05, 3.63) is 59.4 Å². The van der Waals surface area contributed by atoms with Crippen LogP contribution in [0.1, 0.15) is 35.7 Å². The molecule has 3 rings (SSSR count). The van der Waals surface area contributed by atoms with E-state index in [1.807, 2.05) is 30.3 Å². The molecule has 7 nitrogen and oxygen atoms in total. The topological polar surface area (TPSA) is 95.6 Å². The van der Waals surface area contributed by atoms with Gasteiger partial charge in [-0.05, 0) is 48.6 Å².